The summed E-state index contributed by atoms with van der Waals surface area (Å²) in [6.45, 7) is 2.40. The molecule has 0 saturated heterocycles. The molecular weight excluding hydrogens is 194 g/mol. The molecule has 16 heavy (non-hydrogen) atoms. The molecule has 0 amide bonds. The highest BCUT2D eigenvalue weighted by Gasteiger charge is 2.22. The molecule has 0 bridgehead atoms. The first-order chi connectivity index (χ1) is 7.93. The second kappa shape index (κ2) is 4.40. The predicted octanol–water partition coefficient (Wildman–Crippen LogP) is 3.16. The Labute approximate surface area is 97.8 Å². The molecule has 1 aliphatic carbocycles. The third-order valence-electron chi connectivity index (χ3n) is 4.01. The highest BCUT2D eigenvalue weighted by molar-refractivity contribution is 5.80. The molecule has 1 heteroatoms. The number of hydrogen-bond donors (Lipinski definition) is 0. The lowest BCUT2D eigenvalue weighted by Crippen LogP contribution is -2.29. The summed E-state index contributed by atoms with van der Waals surface area (Å²) in [6.07, 6.45) is 8.19. The van der Waals surface area contributed by atoms with Crippen LogP contribution in [0.15, 0.2) is 24.3 Å². The third kappa shape index (κ3) is 1.91. The van der Waals surface area contributed by atoms with Gasteiger partial charge in [-0.05, 0) is 18.4 Å². The average Bonchev–Trinajstić information content (AvgIpc) is 2.39. The molecule has 0 unspecified atom stereocenters. The monoisotopic (exact) mass is 214 g/mol. The van der Waals surface area contributed by atoms with Crippen molar-refractivity contribution in [2.75, 3.05) is 6.54 Å². The minimum absolute atomic E-state index is 1.16. The van der Waals surface area contributed by atoms with Crippen LogP contribution in [0.1, 0.15) is 43.2 Å². The van der Waals surface area contributed by atoms with Crippen molar-refractivity contribution in [2.24, 2.45) is 0 Å². The quantitative estimate of drug-likeness (QED) is 0.584. The molecule has 1 aliphatic heterocycles. The van der Waals surface area contributed by atoms with Crippen molar-refractivity contribution in [3.05, 3.63) is 35.4 Å². The topological polar surface area (TPSA) is 3.01 Å². The molecule has 1 nitrogen and oxygen atoms in total. The van der Waals surface area contributed by atoms with Crippen molar-refractivity contribution in [3.8, 4) is 0 Å². The number of rotatable bonds is 0. The second-order valence-electron chi connectivity index (χ2n) is 5.07. The summed E-state index contributed by atoms with van der Waals surface area (Å²) in [4.78, 5) is 0. The zero-order valence-electron chi connectivity index (χ0n) is 9.91. The molecule has 0 radical (unpaired) electrons. The van der Waals surface area contributed by atoms with Gasteiger partial charge in [0, 0.05) is 24.8 Å². The second-order valence-corrected chi connectivity index (χ2v) is 5.07. The summed E-state index contributed by atoms with van der Waals surface area (Å²) in [6, 6.07) is 8.93. The molecule has 0 atom stereocenters. The predicted molar refractivity (Wildman–Crippen MR) is 67.1 cm³/mol. The normalized spacial score (nSPS) is 20.8. The van der Waals surface area contributed by atoms with Gasteiger partial charge in [-0.2, -0.15) is 0 Å². The fraction of sp³-hybridized carbons (Fsp3) is 0.533. The molecule has 1 fully saturated rings. The molecule has 1 saturated carbocycles. The Morgan fingerprint density at radius 3 is 2.38 bits per heavy atom. The number of fused-ring (bicyclic) bond motifs is 1. The largest absolute Gasteiger partial charge is 0.232 e. The van der Waals surface area contributed by atoms with Gasteiger partial charge in [0.15, 0.2) is 12.3 Å². The van der Waals surface area contributed by atoms with E-state index in [0.29, 0.717) is 0 Å². The fourth-order valence-corrected chi connectivity index (χ4v) is 3.04. The lowest BCUT2D eigenvalue weighted by molar-refractivity contribution is -0.550. The minimum atomic E-state index is 1.16. The van der Waals surface area contributed by atoms with Gasteiger partial charge in [0.1, 0.15) is 6.54 Å². The van der Waals surface area contributed by atoms with Gasteiger partial charge in [0.2, 0.25) is 0 Å². The van der Waals surface area contributed by atoms with Gasteiger partial charge in [-0.25, -0.2) is 4.58 Å². The third-order valence-corrected chi connectivity index (χ3v) is 4.01. The van der Waals surface area contributed by atoms with E-state index in [1.54, 1.807) is 16.8 Å². The van der Waals surface area contributed by atoms with Crippen LogP contribution in [0.25, 0.3) is 0 Å². The minimum Gasteiger partial charge on any atom is -0.232 e. The number of hydrogen-bond acceptors (Lipinski definition) is 0. The summed E-state index contributed by atoms with van der Waals surface area (Å²) in [5.41, 5.74) is 4.84. The van der Waals surface area contributed by atoms with Crippen LogP contribution < -0.4 is 0 Å². The molecule has 1 aromatic rings. The zero-order chi connectivity index (χ0) is 10.8. The Balaban J connectivity index is 1.86. The zero-order valence-corrected chi connectivity index (χ0v) is 9.91. The standard InChI is InChI=1S/C15H20N/c1-2-8-15(9-3-1)16-11-10-13-6-4-5-7-14(13)12-16/h4-7H,1-3,8-12H2/q+1. The van der Waals surface area contributed by atoms with Gasteiger partial charge >= 0.3 is 0 Å². The van der Waals surface area contributed by atoms with E-state index in [-0.39, 0.29) is 0 Å². The maximum Gasteiger partial charge on any atom is 0.168 e. The van der Waals surface area contributed by atoms with Crippen LogP contribution in [0.5, 0.6) is 0 Å². The van der Waals surface area contributed by atoms with Gasteiger partial charge < -0.3 is 0 Å². The van der Waals surface area contributed by atoms with E-state index in [9.17, 15) is 0 Å². The van der Waals surface area contributed by atoms with E-state index in [2.05, 4.69) is 28.8 Å². The van der Waals surface area contributed by atoms with Crippen molar-refractivity contribution in [1.29, 1.82) is 0 Å². The molecule has 1 heterocycles. The Morgan fingerprint density at radius 2 is 1.56 bits per heavy atom. The first-order valence-corrected chi connectivity index (χ1v) is 6.60. The van der Waals surface area contributed by atoms with E-state index in [1.165, 1.54) is 45.1 Å². The van der Waals surface area contributed by atoms with Gasteiger partial charge in [-0.3, -0.25) is 0 Å². The summed E-state index contributed by atoms with van der Waals surface area (Å²) in [7, 11) is 0. The number of benzene rings is 1. The molecule has 0 aromatic heterocycles. The summed E-state index contributed by atoms with van der Waals surface area (Å²) < 4.78 is 2.64. The molecular formula is C15H20N+. The van der Waals surface area contributed by atoms with Crippen molar-refractivity contribution in [3.63, 3.8) is 0 Å². The molecule has 84 valence electrons. The van der Waals surface area contributed by atoms with E-state index < -0.39 is 0 Å². The Morgan fingerprint density at radius 1 is 0.812 bits per heavy atom. The summed E-state index contributed by atoms with van der Waals surface area (Å²) in [5, 5.41) is 0. The highest BCUT2D eigenvalue weighted by Crippen LogP contribution is 2.20. The van der Waals surface area contributed by atoms with Gasteiger partial charge in [-0.15, -0.1) is 0 Å². The van der Waals surface area contributed by atoms with Gasteiger partial charge in [0.05, 0.1) is 0 Å². The van der Waals surface area contributed by atoms with E-state index in [0.717, 1.165) is 6.54 Å². The molecule has 0 spiro atoms. The van der Waals surface area contributed by atoms with Crippen molar-refractivity contribution in [1.82, 2.24) is 0 Å². The van der Waals surface area contributed by atoms with Crippen molar-refractivity contribution < 1.29 is 4.58 Å². The van der Waals surface area contributed by atoms with Crippen LogP contribution in [0, 0.1) is 0 Å². The first-order valence-electron chi connectivity index (χ1n) is 6.60. The summed E-state index contributed by atoms with van der Waals surface area (Å²) >= 11 is 0. The lowest BCUT2D eigenvalue weighted by Gasteiger charge is -2.19. The van der Waals surface area contributed by atoms with Crippen molar-refractivity contribution >= 4 is 5.71 Å². The van der Waals surface area contributed by atoms with Crippen molar-refractivity contribution in [2.45, 2.75) is 45.1 Å². The molecule has 3 rings (SSSR count). The van der Waals surface area contributed by atoms with Crippen LogP contribution in [-0.4, -0.2) is 16.8 Å². The van der Waals surface area contributed by atoms with Crippen LogP contribution in [-0.2, 0) is 13.0 Å². The highest BCUT2D eigenvalue weighted by atomic mass is 15.0. The van der Waals surface area contributed by atoms with Crippen LogP contribution in [0.3, 0.4) is 0 Å². The Bertz CT molecular complexity index is 409. The Hall–Kier alpha value is -1.11. The fourth-order valence-electron chi connectivity index (χ4n) is 3.04. The Kier molecular flexibility index (Phi) is 2.77. The van der Waals surface area contributed by atoms with E-state index in [1.807, 2.05) is 0 Å². The van der Waals surface area contributed by atoms with Crippen LogP contribution >= 0.6 is 0 Å². The van der Waals surface area contributed by atoms with Gasteiger partial charge in [-0.1, -0.05) is 30.7 Å². The smallest absolute Gasteiger partial charge is 0.168 e. The van der Waals surface area contributed by atoms with Crippen LogP contribution in [0.4, 0.5) is 0 Å². The molecule has 0 N–H and O–H groups in total. The van der Waals surface area contributed by atoms with E-state index in [4.69, 9.17) is 0 Å². The first kappa shape index (κ1) is 10.1. The molecule has 2 aliphatic rings. The lowest BCUT2D eigenvalue weighted by atomic mass is 9.95. The SMILES string of the molecule is c1ccc2c(c1)CC[N+](=C1CCCCC1)C2. The average molecular weight is 214 g/mol. The molecule has 1 aromatic carbocycles. The maximum absolute atomic E-state index is 2.64. The summed E-state index contributed by atoms with van der Waals surface area (Å²) in [5.74, 6) is 0. The number of nitrogens with zero attached hydrogens (tertiary/aromatic N) is 1. The van der Waals surface area contributed by atoms with Gasteiger partial charge in [0.25, 0.3) is 0 Å². The van der Waals surface area contributed by atoms with Crippen LogP contribution in [0.2, 0.25) is 0 Å². The maximum atomic E-state index is 2.64. The van der Waals surface area contributed by atoms with E-state index >= 15 is 0 Å².